The van der Waals surface area contributed by atoms with Crippen LogP contribution in [-0.2, 0) is 11.3 Å². The van der Waals surface area contributed by atoms with Crippen molar-refractivity contribution in [2.45, 2.75) is 13.5 Å². The van der Waals surface area contributed by atoms with Gasteiger partial charge in [-0.25, -0.2) is 4.79 Å². The molecule has 0 atom stereocenters. The highest BCUT2D eigenvalue weighted by Gasteiger charge is 2.16. The van der Waals surface area contributed by atoms with Crippen LogP contribution < -0.4 is 11.1 Å². The third kappa shape index (κ3) is 3.05. The SMILES string of the molecule is COC(=O)c1cc(N)cc(Cl)c1NCc1ccc(C)o1. The summed E-state index contributed by atoms with van der Waals surface area (Å²) in [7, 11) is 1.30. The molecule has 1 aromatic heterocycles. The van der Waals surface area contributed by atoms with Crippen LogP contribution >= 0.6 is 11.6 Å². The number of halogens is 1. The number of ether oxygens (including phenoxy) is 1. The smallest absolute Gasteiger partial charge is 0.340 e. The zero-order valence-corrected chi connectivity index (χ0v) is 12.0. The van der Waals surface area contributed by atoms with Crippen LogP contribution in [0.5, 0.6) is 0 Å². The molecule has 5 nitrogen and oxygen atoms in total. The second-order valence-corrected chi connectivity index (χ2v) is 4.69. The van der Waals surface area contributed by atoms with Gasteiger partial charge in [0.2, 0.25) is 0 Å². The van der Waals surface area contributed by atoms with E-state index in [2.05, 4.69) is 5.32 Å². The minimum absolute atomic E-state index is 0.292. The number of methoxy groups -OCH3 is 1. The summed E-state index contributed by atoms with van der Waals surface area (Å²) in [6.45, 7) is 2.26. The van der Waals surface area contributed by atoms with E-state index in [0.29, 0.717) is 28.5 Å². The predicted octanol–water partition coefficient (Wildman–Crippen LogP) is 3.22. The van der Waals surface area contributed by atoms with Gasteiger partial charge in [0, 0.05) is 5.69 Å². The lowest BCUT2D eigenvalue weighted by Gasteiger charge is -2.12. The summed E-state index contributed by atoms with van der Waals surface area (Å²) in [6.07, 6.45) is 0. The van der Waals surface area contributed by atoms with Gasteiger partial charge in [0.05, 0.1) is 29.9 Å². The van der Waals surface area contributed by atoms with Crippen LogP contribution in [-0.4, -0.2) is 13.1 Å². The molecule has 1 heterocycles. The Balaban J connectivity index is 2.27. The Kier molecular flexibility index (Phi) is 4.20. The van der Waals surface area contributed by atoms with Crippen molar-refractivity contribution in [1.82, 2.24) is 0 Å². The van der Waals surface area contributed by atoms with Crippen molar-refractivity contribution in [3.63, 3.8) is 0 Å². The molecule has 2 rings (SSSR count). The number of nitrogens with one attached hydrogen (secondary N) is 1. The monoisotopic (exact) mass is 294 g/mol. The normalized spacial score (nSPS) is 10.3. The number of hydrogen-bond acceptors (Lipinski definition) is 5. The van der Waals surface area contributed by atoms with Crippen molar-refractivity contribution < 1.29 is 13.9 Å². The molecule has 0 bridgehead atoms. The molecule has 0 spiro atoms. The van der Waals surface area contributed by atoms with E-state index >= 15 is 0 Å². The minimum Gasteiger partial charge on any atom is -0.465 e. The third-order valence-corrected chi connectivity index (χ3v) is 3.05. The molecule has 0 radical (unpaired) electrons. The lowest BCUT2D eigenvalue weighted by atomic mass is 10.1. The second kappa shape index (κ2) is 5.88. The summed E-state index contributed by atoms with van der Waals surface area (Å²) in [6, 6.07) is 6.81. The van der Waals surface area contributed by atoms with E-state index in [1.807, 2.05) is 19.1 Å². The van der Waals surface area contributed by atoms with E-state index in [-0.39, 0.29) is 0 Å². The molecule has 1 aromatic carbocycles. The van der Waals surface area contributed by atoms with E-state index in [4.69, 9.17) is 26.5 Å². The average Bonchev–Trinajstić information content (AvgIpc) is 2.81. The Hall–Kier alpha value is -2.14. The van der Waals surface area contributed by atoms with E-state index in [9.17, 15) is 4.79 Å². The van der Waals surface area contributed by atoms with E-state index in [0.717, 1.165) is 11.5 Å². The fourth-order valence-corrected chi connectivity index (χ4v) is 2.13. The van der Waals surface area contributed by atoms with Crippen LogP contribution in [0.25, 0.3) is 0 Å². The number of anilines is 2. The topological polar surface area (TPSA) is 77.5 Å². The summed E-state index contributed by atoms with van der Waals surface area (Å²) < 4.78 is 10.2. The molecule has 0 saturated carbocycles. The minimum atomic E-state index is -0.502. The number of nitrogens with two attached hydrogens (primary N) is 1. The zero-order valence-electron chi connectivity index (χ0n) is 11.2. The first kappa shape index (κ1) is 14.3. The third-order valence-electron chi connectivity index (χ3n) is 2.75. The summed E-state index contributed by atoms with van der Waals surface area (Å²) in [5.74, 6) is 1.06. The van der Waals surface area contributed by atoms with Crippen LogP contribution in [0.4, 0.5) is 11.4 Å². The molecule has 0 saturated heterocycles. The lowest BCUT2D eigenvalue weighted by molar-refractivity contribution is 0.0602. The van der Waals surface area contributed by atoms with Crippen molar-refractivity contribution in [2.75, 3.05) is 18.2 Å². The van der Waals surface area contributed by atoms with E-state index in [1.165, 1.54) is 13.2 Å². The molecule has 0 aliphatic heterocycles. The van der Waals surface area contributed by atoms with Gasteiger partial charge in [0.1, 0.15) is 11.5 Å². The van der Waals surface area contributed by atoms with Gasteiger partial charge in [-0.05, 0) is 31.2 Å². The molecule has 2 aromatic rings. The zero-order chi connectivity index (χ0) is 14.7. The first-order valence-corrected chi connectivity index (χ1v) is 6.35. The summed E-state index contributed by atoms with van der Waals surface area (Å²) >= 11 is 6.13. The highest BCUT2D eigenvalue weighted by atomic mass is 35.5. The maximum absolute atomic E-state index is 11.8. The Morgan fingerprint density at radius 3 is 2.80 bits per heavy atom. The Labute approximate surface area is 121 Å². The van der Waals surface area contributed by atoms with Gasteiger partial charge in [0.15, 0.2) is 0 Å². The molecule has 0 fully saturated rings. The van der Waals surface area contributed by atoms with Gasteiger partial charge in [0.25, 0.3) is 0 Å². The van der Waals surface area contributed by atoms with E-state index < -0.39 is 5.97 Å². The number of furan rings is 1. The summed E-state index contributed by atoms with van der Waals surface area (Å²) in [4.78, 5) is 11.8. The van der Waals surface area contributed by atoms with E-state index in [1.54, 1.807) is 6.07 Å². The van der Waals surface area contributed by atoms with Crippen molar-refractivity contribution in [1.29, 1.82) is 0 Å². The fraction of sp³-hybridized carbons (Fsp3) is 0.214. The van der Waals surface area contributed by atoms with Gasteiger partial charge in [-0.1, -0.05) is 11.6 Å². The standard InChI is InChI=1S/C14H15ClN2O3/c1-8-3-4-10(20-8)7-17-13-11(14(18)19-2)5-9(16)6-12(13)15/h3-6,17H,7,16H2,1-2H3. The largest absolute Gasteiger partial charge is 0.465 e. The molecule has 6 heteroatoms. The fourth-order valence-electron chi connectivity index (χ4n) is 1.83. The molecular formula is C14H15ClN2O3. The van der Waals surface area contributed by atoms with Gasteiger partial charge in [-0.3, -0.25) is 0 Å². The van der Waals surface area contributed by atoms with Crippen molar-refractivity contribution in [3.05, 3.63) is 46.4 Å². The number of carbonyl (C=O) groups is 1. The molecule has 20 heavy (non-hydrogen) atoms. The first-order valence-electron chi connectivity index (χ1n) is 5.97. The number of rotatable bonds is 4. The number of benzene rings is 1. The van der Waals surface area contributed by atoms with Crippen LogP contribution in [0.3, 0.4) is 0 Å². The molecule has 0 aliphatic rings. The molecular weight excluding hydrogens is 280 g/mol. The first-order chi connectivity index (χ1) is 9.51. The maximum atomic E-state index is 11.8. The van der Waals surface area contributed by atoms with Crippen LogP contribution in [0, 0.1) is 6.92 Å². The lowest BCUT2D eigenvalue weighted by Crippen LogP contribution is -2.09. The van der Waals surface area contributed by atoms with Crippen molar-refractivity contribution in [2.24, 2.45) is 0 Å². The maximum Gasteiger partial charge on any atom is 0.340 e. The number of esters is 1. The number of aryl methyl sites for hydroxylation is 1. The number of carbonyl (C=O) groups excluding carboxylic acids is 1. The highest BCUT2D eigenvalue weighted by molar-refractivity contribution is 6.34. The number of hydrogen-bond donors (Lipinski definition) is 2. The Morgan fingerprint density at radius 1 is 1.45 bits per heavy atom. The molecule has 0 aliphatic carbocycles. The van der Waals surface area contributed by atoms with Crippen molar-refractivity contribution in [3.8, 4) is 0 Å². The predicted molar refractivity (Wildman–Crippen MR) is 78.0 cm³/mol. The summed E-state index contributed by atoms with van der Waals surface area (Å²) in [5.41, 5.74) is 6.86. The Morgan fingerprint density at radius 2 is 2.20 bits per heavy atom. The molecule has 106 valence electrons. The highest BCUT2D eigenvalue weighted by Crippen LogP contribution is 2.30. The van der Waals surface area contributed by atoms with Crippen LogP contribution in [0.2, 0.25) is 5.02 Å². The van der Waals surface area contributed by atoms with Gasteiger partial charge in [-0.2, -0.15) is 0 Å². The Bertz CT molecular complexity index is 637. The van der Waals surface area contributed by atoms with Crippen molar-refractivity contribution >= 4 is 28.9 Å². The molecule has 0 unspecified atom stereocenters. The average molecular weight is 295 g/mol. The quantitative estimate of drug-likeness (QED) is 0.669. The van der Waals surface area contributed by atoms with Gasteiger partial charge >= 0.3 is 5.97 Å². The molecule has 0 amide bonds. The van der Waals surface area contributed by atoms with Gasteiger partial charge < -0.3 is 20.2 Å². The van der Waals surface area contributed by atoms with Crippen LogP contribution in [0.15, 0.2) is 28.7 Å². The van der Waals surface area contributed by atoms with Gasteiger partial charge in [-0.15, -0.1) is 0 Å². The second-order valence-electron chi connectivity index (χ2n) is 4.28. The van der Waals surface area contributed by atoms with Crippen LogP contribution in [0.1, 0.15) is 21.9 Å². The molecule has 3 N–H and O–H groups in total. The summed E-state index contributed by atoms with van der Waals surface area (Å²) in [5, 5.41) is 3.43. The number of nitrogen functional groups attached to an aromatic ring is 1.